The van der Waals surface area contributed by atoms with Crippen molar-refractivity contribution in [3.05, 3.63) is 77.7 Å². The van der Waals surface area contributed by atoms with Crippen molar-refractivity contribution in [1.29, 1.82) is 0 Å². The van der Waals surface area contributed by atoms with Gasteiger partial charge in [-0.2, -0.15) is 0 Å². The number of nitrogens with zero attached hydrogens (tertiary/aromatic N) is 3. The number of benzene rings is 2. The monoisotopic (exact) mass is 418 g/mol. The summed E-state index contributed by atoms with van der Waals surface area (Å²) in [6.07, 6.45) is -0.0501. The van der Waals surface area contributed by atoms with E-state index in [4.69, 9.17) is 10.3 Å². The maximum atomic E-state index is 13.7. The molecule has 0 saturated carbocycles. The number of hydrogen-bond donors (Lipinski definition) is 1. The summed E-state index contributed by atoms with van der Waals surface area (Å²) in [7, 11) is 0. The largest absolute Gasteiger partial charge is 0.370 e. The molecule has 0 atom stereocenters. The van der Waals surface area contributed by atoms with E-state index in [0.717, 1.165) is 5.56 Å². The van der Waals surface area contributed by atoms with Gasteiger partial charge >= 0.3 is 0 Å². The van der Waals surface area contributed by atoms with Crippen molar-refractivity contribution in [3.63, 3.8) is 0 Å². The first-order valence-corrected chi connectivity index (χ1v) is 9.62. The second kappa shape index (κ2) is 8.35. The van der Waals surface area contributed by atoms with E-state index in [1.807, 2.05) is 30.3 Å². The van der Waals surface area contributed by atoms with Gasteiger partial charge < -0.3 is 15.2 Å². The topological polar surface area (TPSA) is 102 Å². The molecule has 0 bridgehead atoms. The van der Waals surface area contributed by atoms with Crippen LogP contribution in [0.15, 0.2) is 65.2 Å². The molecule has 2 amide bonds. The van der Waals surface area contributed by atoms with Crippen molar-refractivity contribution in [1.82, 2.24) is 10.1 Å². The lowest BCUT2D eigenvalue weighted by atomic mass is 10.0. The third-order valence-electron chi connectivity index (χ3n) is 4.88. The van der Waals surface area contributed by atoms with E-state index in [0.29, 0.717) is 28.0 Å². The van der Waals surface area contributed by atoms with Crippen LogP contribution in [0, 0.1) is 12.7 Å². The zero-order valence-corrected chi connectivity index (χ0v) is 16.7. The van der Waals surface area contributed by atoms with Crippen LogP contribution < -0.4 is 10.6 Å². The SMILES string of the molecule is Cc1noc2nc(-c3ccccc3)cc(C(=O)N(CCC(N)=O)c3ccc(F)cc3)c12. The molecule has 8 heteroatoms. The number of rotatable bonds is 6. The summed E-state index contributed by atoms with van der Waals surface area (Å²) >= 11 is 0. The molecule has 0 aliphatic rings. The van der Waals surface area contributed by atoms with Gasteiger partial charge in [0.2, 0.25) is 5.91 Å². The van der Waals surface area contributed by atoms with E-state index in [1.165, 1.54) is 29.2 Å². The zero-order chi connectivity index (χ0) is 22.0. The van der Waals surface area contributed by atoms with Gasteiger partial charge in [0.15, 0.2) is 0 Å². The minimum absolute atomic E-state index is 0.0363. The van der Waals surface area contributed by atoms with E-state index < -0.39 is 17.6 Å². The predicted molar refractivity (Wildman–Crippen MR) is 114 cm³/mol. The molecule has 156 valence electrons. The molecule has 4 rings (SSSR count). The van der Waals surface area contributed by atoms with Gasteiger partial charge in [-0.1, -0.05) is 35.5 Å². The van der Waals surface area contributed by atoms with Crippen LogP contribution in [0.2, 0.25) is 0 Å². The van der Waals surface area contributed by atoms with Crippen LogP contribution >= 0.6 is 0 Å². The summed E-state index contributed by atoms with van der Waals surface area (Å²) in [6, 6.07) is 16.5. The Morgan fingerprint density at radius 1 is 1.10 bits per heavy atom. The Kier molecular flexibility index (Phi) is 5.44. The Labute approximate surface area is 177 Å². The Balaban J connectivity index is 1.85. The minimum Gasteiger partial charge on any atom is -0.370 e. The second-order valence-electron chi connectivity index (χ2n) is 7.02. The highest BCUT2D eigenvalue weighted by molar-refractivity contribution is 6.14. The first-order valence-electron chi connectivity index (χ1n) is 9.62. The fourth-order valence-corrected chi connectivity index (χ4v) is 3.36. The highest BCUT2D eigenvalue weighted by Gasteiger charge is 2.25. The maximum Gasteiger partial charge on any atom is 0.259 e. The van der Waals surface area contributed by atoms with Crippen molar-refractivity contribution in [3.8, 4) is 11.3 Å². The molecule has 0 saturated heterocycles. The Bertz CT molecular complexity index is 1250. The quantitative estimate of drug-likeness (QED) is 0.512. The van der Waals surface area contributed by atoms with Gasteiger partial charge in [0.25, 0.3) is 11.6 Å². The number of anilines is 1. The normalized spacial score (nSPS) is 10.9. The summed E-state index contributed by atoms with van der Waals surface area (Å²) in [4.78, 5) is 31.0. The predicted octanol–water partition coefficient (Wildman–Crippen LogP) is 3.86. The Morgan fingerprint density at radius 3 is 2.48 bits per heavy atom. The van der Waals surface area contributed by atoms with E-state index >= 15 is 0 Å². The highest BCUT2D eigenvalue weighted by atomic mass is 19.1. The number of pyridine rings is 1. The van der Waals surface area contributed by atoms with Gasteiger partial charge in [0, 0.05) is 24.2 Å². The smallest absolute Gasteiger partial charge is 0.259 e. The third-order valence-corrected chi connectivity index (χ3v) is 4.88. The van der Waals surface area contributed by atoms with Gasteiger partial charge in [-0.05, 0) is 37.3 Å². The molecule has 4 aromatic rings. The highest BCUT2D eigenvalue weighted by Crippen LogP contribution is 2.29. The second-order valence-corrected chi connectivity index (χ2v) is 7.02. The molecule has 2 N–H and O–H groups in total. The average molecular weight is 418 g/mol. The molecule has 0 radical (unpaired) electrons. The fourth-order valence-electron chi connectivity index (χ4n) is 3.36. The molecule has 31 heavy (non-hydrogen) atoms. The lowest BCUT2D eigenvalue weighted by Gasteiger charge is -2.23. The van der Waals surface area contributed by atoms with Crippen molar-refractivity contribution >= 4 is 28.6 Å². The third kappa shape index (κ3) is 4.13. The maximum absolute atomic E-state index is 13.7. The first-order chi connectivity index (χ1) is 14.9. The number of amides is 2. The summed E-state index contributed by atoms with van der Waals surface area (Å²) in [5.41, 5.74) is 8.15. The first kappa shape index (κ1) is 20.2. The molecule has 0 aliphatic carbocycles. The molecule has 2 heterocycles. The molecular weight excluding hydrogens is 399 g/mol. The van der Waals surface area contributed by atoms with Crippen molar-refractivity contribution in [2.24, 2.45) is 5.73 Å². The number of carbonyl (C=O) groups is 2. The summed E-state index contributed by atoms with van der Waals surface area (Å²) in [5, 5.41) is 4.44. The van der Waals surface area contributed by atoms with E-state index in [1.54, 1.807) is 13.0 Å². The summed E-state index contributed by atoms with van der Waals surface area (Å²) < 4.78 is 18.8. The number of primary amides is 1. The molecule has 2 aromatic heterocycles. The number of nitrogens with two attached hydrogens (primary N) is 1. The van der Waals surface area contributed by atoms with E-state index in [-0.39, 0.29) is 18.7 Å². The van der Waals surface area contributed by atoms with Crippen molar-refractivity contribution in [2.45, 2.75) is 13.3 Å². The van der Waals surface area contributed by atoms with E-state index in [2.05, 4.69) is 10.1 Å². The minimum atomic E-state index is -0.550. The van der Waals surface area contributed by atoms with Gasteiger partial charge in [0.1, 0.15) is 5.82 Å². The van der Waals surface area contributed by atoms with Crippen LogP contribution in [0.1, 0.15) is 22.5 Å². The number of hydrogen-bond acceptors (Lipinski definition) is 5. The number of carbonyl (C=O) groups excluding carboxylic acids is 2. The molecule has 0 aliphatic heterocycles. The van der Waals surface area contributed by atoms with Crippen LogP contribution in [-0.4, -0.2) is 28.5 Å². The molecule has 0 unspecified atom stereocenters. The number of halogens is 1. The molecule has 0 fully saturated rings. The molecule has 7 nitrogen and oxygen atoms in total. The average Bonchev–Trinajstić information content (AvgIpc) is 3.15. The van der Waals surface area contributed by atoms with Gasteiger partial charge in [0.05, 0.1) is 22.3 Å². The number of aromatic nitrogens is 2. The van der Waals surface area contributed by atoms with Gasteiger partial charge in [-0.25, -0.2) is 9.37 Å². The lowest BCUT2D eigenvalue weighted by molar-refractivity contribution is -0.117. The lowest BCUT2D eigenvalue weighted by Crippen LogP contribution is -2.34. The summed E-state index contributed by atoms with van der Waals surface area (Å²) in [5.74, 6) is -1.38. The molecule has 2 aromatic carbocycles. The van der Waals surface area contributed by atoms with Crippen molar-refractivity contribution < 1.29 is 18.5 Å². The van der Waals surface area contributed by atoms with Crippen LogP contribution in [0.5, 0.6) is 0 Å². The Hall–Kier alpha value is -4.07. The summed E-state index contributed by atoms with van der Waals surface area (Å²) in [6.45, 7) is 1.76. The van der Waals surface area contributed by atoms with E-state index in [9.17, 15) is 14.0 Å². The fraction of sp³-hybridized carbons (Fsp3) is 0.130. The van der Waals surface area contributed by atoms with Gasteiger partial charge in [-0.3, -0.25) is 9.59 Å². The van der Waals surface area contributed by atoms with Crippen molar-refractivity contribution in [2.75, 3.05) is 11.4 Å². The van der Waals surface area contributed by atoms with Gasteiger partial charge in [-0.15, -0.1) is 0 Å². The molecule has 0 spiro atoms. The number of aryl methyl sites for hydroxylation is 1. The Morgan fingerprint density at radius 2 is 1.81 bits per heavy atom. The standard InChI is InChI=1S/C23H19FN4O3/c1-14-21-18(13-19(26-22(21)31-27-14)15-5-3-2-4-6-15)23(30)28(12-11-20(25)29)17-9-7-16(24)8-10-17/h2-10,13H,11-12H2,1H3,(H2,25,29). The van der Waals surface area contributed by atoms with Crippen LogP contribution in [0.3, 0.4) is 0 Å². The zero-order valence-electron chi connectivity index (χ0n) is 16.7. The number of fused-ring (bicyclic) bond motifs is 1. The van der Waals surface area contributed by atoms with Crippen LogP contribution in [-0.2, 0) is 4.79 Å². The van der Waals surface area contributed by atoms with Crippen LogP contribution in [0.25, 0.3) is 22.4 Å². The molecular formula is C23H19FN4O3. The van der Waals surface area contributed by atoms with Crippen LogP contribution in [0.4, 0.5) is 10.1 Å².